The molecule has 1 heterocycles. The highest BCUT2D eigenvalue weighted by molar-refractivity contribution is 9.10. The van der Waals surface area contributed by atoms with Crippen LogP contribution in [0, 0.1) is 5.82 Å². The summed E-state index contributed by atoms with van der Waals surface area (Å²) in [6.07, 6.45) is 1.58. The number of hydrogen-bond donors (Lipinski definition) is 1. The van der Waals surface area contributed by atoms with Gasteiger partial charge < -0.3 is 5.73 Å². The maximum atomic E-state index is 13.1. The first kappa shape index (κ1) is 14.5. The highest BCUT2D eigenvalue weighted by Crippen LogP contribution is 2.32. The number of halogens is 3. The second-order valence-electron chi connectivity index (χ2n) is 4.56. The molecule has 102 valence electrons. The largest absolute Gasteiger partial charge is 0.319 e. The molecule has 0 saturated heterocycles. The van der Waals surface area contributed by atoms with Crippen molar-refractivity contribution in [2.75, 3.05) is 0 Å². The molecule has 3 nitrogen and oxygen atoms in total. The maximum Gasteiger partial charge on any atom is 0.124 e. The van der Waals surface area contributed by atoms with E-state index in [9.17, 15) is 4.39 Å². The van der Waals surface area contributed by atoms with Crippen LogP contribution in [-0.4, -0.2) is 9.78 Å². The minimum atomic E-state index is -0.465. The van der Waals surface area contributed by atoms with Gasteiger partial charge in [0.2, 0.25) is 0 Å². The predicted molar refractivity (Wildman–Crippen MR) is 77.8 cm³/mol. The summed E-state index contributed by atoms with van der Waals surface area (Å²) in [5.74, 6) is -0.314. The molecule has 0 bridgehead atoms. The first-order valence-corrected chi connectivity index (χ1v) is 7.02. The molecule has 2 N–H and O–H groups in total. The summed E-state index contributed by atoms with van der Waals surface area (Å²) in [6.45, 7) is 4.00. The molecule has 2 rings (SSSR count). The van der Waals surface area contributed by atoms with Crippen LogP contribution >= 0.6 is 27.5 Å². The lowest BCUT2D eigenvalue weighted by molar-refractivity contribution is 0.499. The molecule has 6 heteroatoms. The summed E-state index contributed by atoms with van der Waals surface area (Å²) in [7, 11) is 0. The fraction of sp³-hybridized carbons (Fsp3) is 0.308. The van der Waals surface area contributed by atoms with Crippen molar-refractivity contribution in [2.24, 2.45) is 5.73 Å². The molecule has 0 saturated carbocycles. The molecule has 2 aromatic rings. The van der Waals surface area contributed by atoms with E-state index in [1.165, 1.54) is 12.1 Å². The number of benzene rings is 1. The molecule has 0 aliphatic heterocycles. The van der Waals surface area contributed by atoms with Crippen molar-refractivity contribution in [2.45, 2.75) is 25.9 Å². The Morgan fingerprint density at radius 1 is 1.42 bits per heavy atom. The van der Waals surface area contributed by atoms with Crippen LogP contribution in [0.5, 0.6) is 0 Å². The van der Waals surface area contributed by atoms with Gasteiger partial charge in [0, 0.05) is 10.5 Å². The molecule has 0 amide bonds. The molecule has 1 unspecified atom stereocenters. The highest BCUT2D eigenvalue weighted by atomic mass is 79.9. The molecule has 0 radical (unpaired) electrons. The van der Waals surface area contributed by atoms with Gasteiger partial charge in [-0.25, -0.2) is 4.39 Å². The van der Waals surface area contributed by atoms with E-state index in [2.05, 4.69) is 21.0 Å². The van der Waals surface area contributed by atoms with Gasteiger partial charge in [0.1, 0.15) is 5.82 Å². The van der Waals surface area contributed by atoms with Gasteiger partial charge >= 0.3 is 0 Å². The molecule has 0 spiro atoms. The zero-order valence-corrected chi connectivity index (χ0v) is 12.9. The smallest absolute Gasteiger partial charge is 0.124 e. The van der Waals surface area contributed by atoms with Gasteiger partial charge in [-0.2, -0.15) is 5.10 Å². The van der Waals surface area contributed by atoms with Crippen LogP contribution in [0.25, 0.3) is 0 Å². The molecule has 19 heavy (non-hydrogen) atoms. The number of aromatic nitrogens is 2. The fourth-order valence-corrected chi connectivity index (χ4v) is 2.80. The molecule has 0 fully saturated rings. The Morgan fingerprint density at radius 2 is 2.11 bits per heavy atom. The zero-order valence-electron chi connectivity index (χ0n) is 10.6. The number of hydrogen-bond acceptors (Lipinski definition) is 2. The summed E-state index contributed by atoms with van der Waals surface area (Å²) in [6, 6.07) is 4.10. The molecular weight excluding hydrogens is 333 g/mol. The van der Waals surface area contributed by atoms with Crippen molar-refractivity contribution < 1.29 is 4.39 Å². The number of rotatable bonds is 3. The van der Waals surface area contributed by atoms with Crippen molar-refractivity contribution in [1.82, 2.24) is 9.78 Å². The number of nitrogens with zero attached hydrogens (tertiary/aromatic N) is 2. The van der Waals surface area contributed by atoms with Gasteiger partial charge in [-0.05, 0) is 31.5 Å². The third-order valence-corrected chi connectivity index (χ3v) is 3.85. The summed E-state index contributed by atoms with van der Waals surface area (Å²) >= 11 is 9.49. The maximum absolute atomic E-state index is 13.1. The van der Waals surface area contributed by atoms with Gasteiger partial charge in [-0.1, -0.05) is 33.6 Å². The zero-order chi connectivity index (χ0) is 14.2. The van der Waals surface area contributed by atoms with E-state index in [0.29, 0.717) is 9.50 Å². The summed E-state index contributed by atoms with van der Waals surface area (Å²) in [4.78, 5) is 0. The first-order chi connectivity index (χ1) is 8.91. The molecule has 0 aliphatic carbocycles. The monoisotopic (exact) mass is 345 g/mol. The van der Waals surface area contributed by atoms with Gasteiger partial charge in [0.25, 0.3) is 0 Å². The Balaban J connectivity index is 2.49. The molecule has 1 aromatic carbocycles. The number of nitrogens with two attached hydrogens (primary N) is 1. The van der Waals surface area contributed by atoms with E-state index in [1.54, 1.807) is 16.9 Å². The second-order valence-corrected chi connectivity index (χ2v) is 5.82. The quantitative estimate of drug-likeness (QED) is 0.910. The predicted octanol–water partition coefficient (Wildman–Crippen LogP) is 4.07. The Morgan fingerprint density at radius 3 is 2.68 bits per heavy atom. The van der Waals surface area contributed by atoms with Crippen LogP contribution in [0.15, 0.2) is 28.9 Å². The lowest BCUT2D eigenvalue weighted by atomic mass is 10.0. The standard InChI is InChI=1S/C13H14BrClFN3/c1-7(2)19-13(11(15)6-18-19)12(17)9-4-3-8(16)5-10(9)14/h3-7,12H,17H2,1-2H3. The second kappa shape index (κ2) is 5.61. The van der Waals surface area contributed by atoms with Gasteiger partial charge in [0.15, 0.2) is 0 Å². The van der Waals surface area contributed by atoms with E-state index < -0.39 is 6.04 Å². The minimum Gasteiger partial charge on any atom is -0.319 e. The third kappa shape index (κ3) is 2.83. The van der Waals surface area contributed by atoms with Crippen molar-refractivity contribution in [3.8, 4) is 0 Å². The minimum absolute atomic E-state index is 0.146. The summed E-state index contributed by atoms with van der Waals surface area (Å²) in [5, 5.41) is 4.74. The van der Waals surface area contributed by atoms with Crippen LogP contribution in [0.2, 0.25) is 5.02 Å². The van der Waals surface area contributed by atoms with Crippen molar-refractivity contribution in [3.63, 3.8) is 0 Å². The van der Waals surface area contributed by atoms with E-state index in [1.807, 2.05) is 13.8 Å². The van der Waals surface area contributed by atoms with E-state index >= 15 is 0 Å². The van der Waals surface area contributed by atoms with Crippen LogP contribution in [0.3, 0.4) is 0 Å². The van der Waals surface area contributed by atoms with Crippen molar-refractivity contribution in [1.29, 1.82) is 0 Å². The van der Waals surface area contributed by atoms with Gasteiger partial charge in [-0.3, -0.25) is 4.68 Å². The van der Waals surface area contributed by atoms with E-state index in [4.69, 9.17) is 17.3 Å². The average Bonchev–Trinajstić information content (AvgIpc) is 2.70. The molecule has 1 aromatic heterocycles. The van der Waals surface area contributed by atoms with Crippen molar-refractivity contribution >= 4 is 27.5 Å². The first-order valence-electron chi connectivity index (χ1n) is 5.85. The van der Waals surface area contributed by atoms with Crippen molar-refractivity contribution in [3.05, 3.63) is 51.0 Å². The van der Waals surface area contributed by atoms with E-state index in [0.717, 1.165) is 11.3 Å². The third-order valence-electron chi connectivity index (χ3n) is 2.87. The molecular formula is C13H14BrClFN3. The lowest BCUT2D eigenvalue weighted by Gasteiger charge is -2.18. The summed E-state index contributed by atoms with van der Waals surface area (Å²) in [5.41, 5.74) is 7.75. The summed E-state index contributed by atoms with van der Waals surface area (Å²) < 4.78 is 15.5. The van der Waals surface area contributed by atoms with Crippen LogP contribution in [0.1, 0.15) is 37.2 Å². The van der Waals surface area contributed by atoms with Crippen LogP contribution in [0.4, 0.5) is 4.39 Å². The average molecular weight is 347 g/mol. The molecule has 0 aliphatic rings. The fourth-order valence-electron chi connectivity index (χ4n) is 1.95. The van der Waals surface area contributed by atoms with E-state index in [-0.39, 0.29) is 11.9 Å². The topological polar surface area (TPSA) is 43.8 Å². The highest BCUT2D eigenvalue weighted by Gasteiger charge is 2.21. The van der Waals surface area contributed by atoms with Gasteiger partial charge in [0.05, 0.1) is 23.0 Å². The lowest BCUT2D eigenvalue weighted by Crippen LogP contribution is -2.19. The Bertz CT molecular complexity index is 598. The normalized spacial score (nSPS) is 13.0. The Labute approximate surface area is 124 Å². The Kier molecular flexibility index (Phi) is 4.28. The van der Waals surface area contributed by atoms with Gasteiger partial charge in [-0.15, -0.1) is 0 Å². The SMILES string of the molecule is CC(C)n1ncc(Cl)c1C(N)c1ccc(F)cc1Br. The Hall–Kier alpha value is -0.910. The van der Waals surface area contributed by atoms with Crippen LogP contribution in [-0.2, 0) is 0 Å². The molecule has 1 atom stereocenters. The van der Waals surface area contributed by atoms with Crippen LogP contribution < -0.4 is 5.73 Å².